The first-order valence-corrected chi connectivity index (χ1v) is 50.6. The van der Waals surface area contributed by atoms with Crippen molar-refractivity contribution < 1.29 is 4.18 Å². The molecule has 0 unspecified atom stereocenters. The van der Waals surface area contributed by atoms with Gasteiger partial charge in [-0.1, -0.05) is 11.7 Å². The Balaban J connectivity index is 3.06. The molecule has 0 rings (SSSR count). The molecule has 0 heterocycles. The highest BCUT2D eigenvalue weighted by Gasteiger charge is 2.04. The molecule has 0 aliphatic carbocycles. The number of thiol groups is 1. The molecule has 0 aromatic carbocycles. The van der Waals surface area contributed by atoms with Gasteiger partial charge in [0.2, 0.25) is 0 Å². The summed E-state index contributed by atoms with van der Waals surface area (Å²) in [6.07, 6.45) is 0. The topological polar surface area (TPSA) is 9.23 Å². The zero-order chi connectivity index (χ0) is 26.4. The molecule has 0 bridgehead atoms. The molecule has 0 aliphatic heterocycles. The van der Waals surface area contributed by atoms with Gasteiger partial charge in [-0.25, -0.2) is 0 Å². The van der Waals surface area contributed by atoms with E-state index >= 15 is 0 Å². The average Bonchev–Trinajstić information content (AvgIpc) is 2.87. The van der Waals surface area contributed by atoms with Crippen LogP contribution in [0.1, 0.15) is 0 Å². The molecule has 0 aromatic heterocycles. The van der Waals surface area contributed by atoms with Crippen LogP contribution in [-0.2, 0) is 33.0 Å². The second-order valence-corrected chi connectivity index (χ2v) is 63.1. The maximum atomic E-state index is 5.14. The smallest absolute Gasteiger partial charge is 0.0817 e. The lowest BCUT2D eigenvalue weighted by Gasteiger charge is -2.03. The molecular formula is CH4OS34. The van der Waals surface area contributed by atoms with Gasteiger partial charge in [0, 0.05) is 216 Å². The lowest BCUT2D eigenvalue weighted by molar-refractivity contribution is 0.491. The summed E-state index contributed by atoms with van der Waals surface area (Å²) in [4.78, 5) is 0. The van der Waals surface area contributed by atoms with Crippen LogP contribution in [0.4, 0.5) is 0 Å². The van der Waals surface area contributed by atoms with E-state index < -0.39 is 6.46 Å². The second-order valence-electron chi connectivity index (χ2n) is 2.62. The summed E-state index contributed by atoms with van der Waals surface area (Å²) in [6.45, 7) is -1.79. The van der Waals surface area contributed by atoms with Gasteiger partial charge in [0.1, 0.15) is 0 Å². The van der Waals surface area contributed by atoms with Crippen LogP contribution in [0.5, 0.6) is 0 Å². The third kappa shape index (κ3) is 41.8. The molecule has 0 spiro atoms. The van der Waals surface area contributed by atoms with Crippen molar-refractivity contribution in [3.8, 4) is 0 Å². The summed E-state index contributed by atoms with van der Waals surface area (Å²) < 4.78 is 5.09. The van der Waals surface area contributed by atoms with Gasteiger partial charge in [-0.05, 0) is 101 Å². The van der Waals surface area contributed by atoms with Crippen molar-refractivity contribution in [2.75, 3.05) is 7.11 Å². The van der Waals surface area contributed by atoms with Crippen molar-refractivity contribution in [2.45, 2.75) is 0 Å². The molecule has 36 heavy (non-hydrogen) atoms. The Bertz CT molecular complexity index is 495. The van der Waals surface area contributed by atoms with Gasteiger partial charge in [-0.2, -0.15) is 0 Å². The number of hydrogen-bond acceptors (Lipinski definition) is 34. The van der Waals surface area contributed by atoms with E-state index in [-0.39, 0.29) is 0 Å². The Hall–Kier alpha value is 11.6. The molecule has 0 fully saturated rings. The van der Waals surface area contributed by atoms with E-state index in [1.165, 1.54) is 19.7 Å². The largest absolute Gasteiger partial charge is 0.305 e. The van der Waals surface area contributed by atoms with Crippen LogP contribution >= 0.6 is 306 Å². The predicted molar refractivity (Wildman–Crippen MR) is 266 cm³/mol. The van der Waals surface area contributed by atoms with Crippen molar-refractivity contribution >= 4 is 335 Å². The molecule has 0 aromatic rings. The number of hydrogen-bond donors (Lipinski definition) is 1. The van der Waals surface area contributed by atoms with Crippen molar-refractivity contribution in [1.82, 2.24) is 0 Å². The van der Waals surface area contributed by atoms with E-state index in [1.807, 2.05) is 118 Å². The summed E-state index contributed by atoms with van der Waals surface area (Å²) in [5.74, 6) is 0. The third-order valence-corrected chi connectivity index (χ3v) is 72.6. The minimum Gasteiger partial charge on any atom is -0.305 e. The van der Waals surface area contributed by atoms with Gasteiger partial charge in [0.25, 0.3) is 0 Å². The van der Waals surface area contributed by atoms with E-state index in [9.17, 15) is 0 Å². The Morgan fingerprint density at radius 1 is 0.389 bits per heavy atom. The first-order chi connectivity index (χ1) is 17.6. The zero-order valence-corrected chi connectivity index (χ0v) is 43.2. The van der Waals surface area contributed by atoms with Gasteiger partial charge in [0.15, 0.2) is 0 Å². The second kappa shape index (κ2) is 41.0. The standard InChI is InChI=1S/CH4OS34/c1-2-36(4,5)35-34-33-32-31-30-29-28-27-26-25-24-23-22-21-20-19-18-17-16-15-14-13-12-11-10-9-8-7-6-3/h3H,1H3. The van der Waals surface area contributed by atoms with Crippen LogP contribution in [0.2, 0.25) is 0 Å². The number of rotatable bonds is 31. The van der Waals surface area contributed by atoms with Crippen LogP contribution in [0, 0.1) is 0 Å². The quantitative estimate of drug-likeness (QED) is 0.0401. The average molecular weight is 1120 g/mol. The Kier molecular flexibility index (Phi) is 54.2. The predicted octanol–water partition coefficient (Wildman–Crippen LogP) is 19.9. The van der Waals surface area contributed by atoms with Crippen molar-refractivity contribution in [3.63, 3.8) is 0 Å². The fraction of sp³-hybridized carbons (Fsp3) is 1.00. The Morgan fingerprint density at radius 3 is 0.778 bits per heavy atom. The molecular weight excluding hydrogens is 1120 g/mol. The molecule has 0 saturated heterocycles. The molecule has 218 valence electrons. The van der Waals surface area contributed by atoms with Gasteiger partial charge in [-0.15, -0.1) is 0 Å². The van der Waals surface area contributed by atoms with Crippen LogP contribution in [0.25, 0.3) is 0 Å². The Morgan fingerprint density at radius 2 is 0.583 bits per heavy atom. The minimum absolute atomic E-state index is 1.46. The van der Waals surface area contributed by atoms with Gasteiger partial charge in [-0.3, -0.25) is 0 Å². The Labute approximate surface area is 338 Å². The minimum atomic E-state index is -1.79. The zero-order valence-electron chi connectivity index (χ0n) is 15.3. The third-order valence-electron chi connectivity index (χ3n) is 1.10. The highest BCUT2D eigenvalue weighted by molar-refractivity contribution is 9.61. The summed E-state index contributed by atoms with van der Waals surface area (Å²) in [5, 5.41) is 0. The molecule has 35 heteroatoms. The first-order valence-electron chi connectivity index (χ1n) is 6.09. The summed E-state index contributed by atoms with van der Waals surface area (Å²) >= 11 is 14.4. The lowest BCUT2D eigenvalue weighted by Crippen LogP contribution is -1.87. The molecule has 0 amide bonds. The first kappa shape index (κ1) is 47.6. The van der Waals surface area contributed by atoms with Crippen LogP contribution in [0.3, 0.4) is 0 Å². The van der Waals surface area contributed by atoms with Crippen LogP contribution in [0.15, 0.2) is 0 Å². The molecule has 0 aliphatic rings. The van der Waals surface area contributed by atoms with Gasteiger partial charge >= 0.3 is 0 Å². The van der Waals surface area contributed by atoms with Gasteiger partial charge < -0.3 is 4.18 Å². The van der Waals surface area contributed by atoms with Crippen molar-refractivity contribution in [2.24, 2.45) is 0 Å². The molecule has 0 atom stereocenters. The molecule has 0 N–H and O–H groups in total. The molecule has 1 nitrogen and oxygen atoms in total. The summed E-state index contributed by atoms with van der Waals surface area (Å²) in [6, 6.07) is 0. The van der Waals surface area contributed by atoms with E-state index in [4.69, 9.17) is 26.6 Å². The van der Waals surface area contributed by atoms with Crippen molar-refractivity contribution in [1.29, 1.82) is 0 Å². The normalized spacial score (nSPS) is 11.9. The van der Waals surface area contributed by atoms with E-state index in [2.05, 4.69) is 11.7 Å². The SMILES string of the molecule is COS(=S)(=S)SSSSSSSSSSSSSSSSSSSSSSSSSSSSSSS. The van der Waals surface area contributed by atoms with Crippen molar-refractivity contribution in [3.05, 3.63) is 0 Å². The summed E-state index contributed by atoms with van der Waals surface area (Å²) in [7, 11) is 54.3. The summed E-state index contributed by atoms with van der Waals surface area (Å²) in [5.41, 5.74) is 0. The highest BCUT2D eigenvalue weighted by atomic mass is 34.1. The van der Waals surface area contributed by atoms with Gasteiger partial charge in [0.05, 0.1) is 13.6 Å². The maximum absolute atomic E-state index is 5.14. The monoisotopic (exact) mass is 1120 g/mol. The fourth-order valence-electron chi connectivity index (χ4n) is 0.380. The van der Waals surface area contributed by atoms with E-state index in [1.54, 1.807) is 164 Å². The lowest BCUT2D eigenvalue weighted by atomic mass is 11.8. The molecule has 0 saturated carbocycles. The van der Waals surface area contributed by atoms with Crippen LogP contribution < -0.4 is 0 Å². The van der Waals surface area contributed by atoms with E-state index in [0.717, 1.165) is 0 Å². The van der Waals surface area contributed by atoms with Crippen LogP contribution in [-0.4, -0.2) is 7.11 Å². The van der Waals surface area contributed by atoms with E-state index in [0.29, 0.717) is 0 Å². The highest BCUT2D eigenvalue weighted by Crippen LogP contribution is 2.66. The maximum Gasteiger partial charge on any atom is 0.0817 e. The fourth-order valence-corrected chi connectivity index (χ4v) is 84.6. The molecule has 0 radical (unpaired) electrons.